The van der Waals surface area contributed by atoms with Crippen LogP contribution < -0.4 is 0 Å². The van der Waals surface area contributed by atoms with E-state index >= 15 is 0 Å². The number of nitrogens with zero attached hydrogens (tertiary/aromatic N) is 1. The van der Waals surface area contributed by atoms with Gasteiger partial charge in [0.25, 0.3) is 0 Å². The minimum Gasteiger partial charge on any atom is -0.343 e. The second-order valence-electron chi connectivity index (χ2n) is 3.97. The quantitative estimate of drug-likeness (QED) is 0.778. The van der Waals surface area contributed by atoms with Crippen molar-refractivity contribution in [1.82, 2.24) is 9.97 Å². The number of rotatable bonds is 3. The lowest BCUT2D eigenvalue weighted by atomic mass is 10.2. The maximum absolute atomic E-state index is 5.98. The molecule has 5 heteroatoms. The fraction of sp³-hybridized carbons (Fsp3) is 0.231. The van der Waals surface area contributed by atoms with E-state index in [9.17, 15) is 0 Å². The summed E-state index contributed by atoms with van der Waals surface area (Å²) in [7, 11) is 0. The van der Waals surface area contributed by atoms with Crippen molar-refractivity contribution in [2.45, 2.75) is 19.8 Å². The van der Waals surface area contributed by atoms with Gasteiger partial charge in [-0.2, -0.15) is 0 Å². The number of H-pyrrole nitrogens is 1. The lowest BCUT2D eigenvalue weighted by Gasteiger charge is -2.06. The van der Waals surface area contributed by atoms with E-state index in [-0.39, 0.29) is 0 Å². The molecular weight excluding hydrogens is 332 g/mol. The molecule has 0 saturated heterocycles. The van der Waals surface area contributed by atoms with Crippen molar-refractivity contribution < 1.29 is 0 Å². The molecule has 1 aromatic heterocycles. The summed E-state index contributed by atoms with van der Waals surface area (Å²) in [6.07, 6.45) is 2.03. The molecule has 0 aliphatic heterocycles. The molecule has 0 radical (unpaired) electrons. The Morgan fingerprint density at radius 3 is 2.83 bits per heavy atom. The summed E-state index contributed by atoms with van der Waals surface area (Å²) in [5, 5.41) is 0.682. The highest BCUT2D eigenvalue weighted by Crippen LogP contribution is 2.27. The summed E-state index contributed by atoms with van der Waals surface area (Å²) in [4.78, 5) is 7.66. The largest absolute Gasteiger partial charge is 0.343 e. The summed E-state index contributed by atoms with van der Waals surface area (Å²) in [6.45, 7) is 2.13. The van der Waals surface area contributed by atoms with E-state index in [0.29, 0.717) is 9.66 Å². The van der Waals surface area contributed by atoms with Crippen molar-refractivity contribution in [2.75, 3.05) is 0 Å². The van der Waals surface area contributed by atoms with Gasteiger partial charge in [-0.05, 0) is 46.6 Å². The second kappa shape index (κ2) is 5.95. The standard InChI is InChI=1S/C13H12BrClN2S/c1-2-3-9-7-12(18)17-13(16-9)8-4-5-11(15)10(14)6-8/h4-7H,2-3H2,1H3,(H,16,17,18). The van der Waals surface area contributed by atoms with Gasteiger partial charge in [-0.3, -0.25) is 0 Å². The fourth-order valence-corrected chi connectivity index (χ4v) is 2.42. The topological polar surface area (TPSA) is 28.7 Å². The van der Waals surface area contributed by atoms with E-state index in [1.165, 1.54) is 0 Å². The maximum atomic E-state index is 5.98. The van der Waals surface area contributed by atoms with Crippen molar-refractivity contribution >= 4 is 39.7 Å². The highest BCUT2D eigenvalue weighted by atomic mass is 79.9. The van der Waals surface area contributed by atoms with E-state index in [1.807, 2.05) is 24.3 Å². The third-order valence-electron chi connectivity index (χ3n) is 2.51. The third-order valence-corrected chi connectivity index (χ3v) is 3.93. The molecule has 2 nitrogen and oxygen atoms in total. The Bertz CT molecular complexity index is 625. The highest BCUT2D eigenvalue weighted by molar-refractivity contribution is 9.10. The summed E-state index contributed by atoms with van der Waals surface area (Å²) in [5.74, 6) is 0.781. The molecule has 0 aliphatic carbocycles. The van der Waals surface area contributed by atoms with Gasteiger partial charge in [0, 0.05) is 15.7 Å². The minimum absolute atomic E-state index is 0.610. The second-order valence-corrected chi connectivity index (χ2v) is 5.65. The lowest BCUT2D eigenvalue weighted by molar-refractivity contribution is 0.873. The molecule has 0 aliphatic rings. The third kappa shape index (κ3) is 3.19. The van der Waals surface area contributed by atoms with Crippen molar-refractivity contribution in [3.8, 4) is 11.4 Å². The number of benzene rings is 1. The Kier molecular flexibility index (Phi) is 4.54. The first-order valence-corrected chi connectivity index (χ1v) is 7.23. The molecule has 2 aromatic rings. The SMILES string of the molecule is CCCc1cc(=S)nc(-c2ccc(Cl)c(Br)c2)[nH]1. The number of hydrogen-bond acceptors (Lipinski definition) is 2. The highest BCUT2D eigenvalue weighted by Gasteiger charge is 2.05. The number of hydrogen-bond donors (Lipinski definition) is 1. The number of halogens is 2. The summed E-state index contributed by atoms with van der Waals surface area (Å²) < 4.78 is 1.46. The van der Waals surface area contributed by atoms with Crippen LogP contribution in [0.5, 0.6) is 0 Å². The van der Waals surface area contributed by atoms with E-state index in [1.54, 1.807) is 0 Å². The zero-order valence-corrected chi connectivity index (χ0v) is 13.0. The number of aromatic nitrogens is 2. The molecule has 18 heavy (non-hydrogen) atoms. The van der Waals surface area contributed by atoms with Gasteiger partial charge in [0.15, 0.2) is 0 Å². The monoisotopic (exact) mass is 342 g/mol. The average Bonchev–Trinajstić information content (AvgIpc) is 2.32. The van der Waals surface area contributed by atoms with Gasteiger partial charge < -0.3 is 4.98 Å². The molecule has 0 atom stereocenters. The summed E-state index contributed by atoms with van der Waals surface area (Å²) in [6, 6.07) is 7.61. The van der Waals surface area contributed by atoms with Gasteiger partial charge in [0.2, 0.25) is 0 Å². The molecule has 1 aromatic carbocycles. The van der Waals surface area contributed by atoms with Gasteiger partial charge >= 0.3 is 0 Å². The Morgan fingerprint density at radius 1 is 1.39 bits per heavy atom. The first kappa shape index (κ1) is 13.7. The van der Waals surface area contributed by atoms with Gasteiger partial charge in [-0.25, -0.2) is 4.98 Å². The zero-order chi connectivity index (χ0) is 13.1. The molecule has 2 rings (SSSR count). The van der Waals surface area contributed by atoms with E-state index in [2.05, 4.69) is 32.8 Å². The molecule has 0 saturated carbocycles. The predicted molar refractivity (Wildman–Crippen MR) is 81.6 cm³/mol. The van der Waals surface area contributed by atoms with Crippen LogP contribution in [-0.4, -0.2) is 9.97 Å². The average molecular weight is 344 g/mol. The van der Waals surface area contributed by atoms with Crippen molar-refractivity contribution in [3.63, 3.8) is 0 Å². The molecule has 0 spiro atoms. The maximum Gasteiger partial charge on any atom is 0.139 e. The molecule has 0 unspecified atom stereocenters. The molecule has 0 fully saturated rings. The first-order valence-electron chi connectivity index (χ1n) is 5.66. The van der Waals surface area contributed by atoms with Gasteiger partial charge in [-0.15, -0.1) is 0 Å². The smallest absolute Gasteiger partial charge is 0.139 e. The van der Waals surface area contributed by atoms with Crippen molar-refractivity contribution in [1.29, 1.82) is 0 Å². The van der Waals surface area contributed by atoms with Crippen LogP contribution >= 0.6 is 39.7 Å². The number of aromatic amines is 1. The van der Waals surface area contributed by atoms with E-state index in [4.69, 9.17) is 23.8 Å². The van der Waals surface area contributed by atoms with Crippen LogP contribution in [-0.2, 0) is 6.42 Å². The molecule has 1 heterocycles. The zero-order valence-electron chi connectivity index (χ0n) is 9.84. The van der Waals surface area contributed by atoms with E-state index in [0.717, 1.165) is 34.4 Å². The summed E-state index contributed by atoms with van der Waals surface area (Å²) in [5.41, 5.74) is 2.08. The van der Waals surface area contributed by atoms with E-state index < -0.39 is 0 Å². The van der Waals surface area contributed by atoms with Gasteiger partial charge in [0.05, 0.1) is 5.02 Å². The number of aryl methyl sites for hydroxylation is 1. The van der Waals surface area contributed by atoms with Crippen LogP contribution in [0, 0.1) is 4.64 Å². The minimum atomic E-state index is 0.610. The van der Waals surface area contributed by atoms with Crippen LogP contribution in [0.25, 0.3) is 11.4 Å². The molecule has 94 valence electrons. The first-order chi connectivity index (χ1) is 8.60. The Morgan fingerprint density at radius 2 is 2.17 bits per heavy atom. The molecular formula is C13H12BrClN2S. The van der Waals surface area contributed by atoms with Crippen LogP contribution in [0.15, 0.2) is 28.7 Å². The molecule has 0 amide bonds. The lowest BCUT2D eigenvalue weighted by Crippen LogP contribution is -1.96. The van der Waals surface area contributed by atoms with Crippen molar-refractivity contribution in [3.05, 3.63) is 44.1 Å². The fourth-order valence-electron chi connectivity index (χ4n) is 1.69. The van der Waals surface area contributed by atoms with Gasteiger partial charge in [0.1, 0.15) is 10.5 Å². The Hall–Kier alpha value is -0.710. The molecule has 0 bridgehead atoms. The normalized spacial score (nSPS) is 10.6. The van der Waals surface area contributed by atoms with Gasteiger partial charge in [-0.1, -0.05) is 37.2 Å². The number of nitrogens with one attached hydrogen (secondary N) is 1. The van der Waals surface area contributed by atoms with Crippen LogP contribution in [0.4, 0.5) is 0 Å². The Labute approximate surface area is 125 Å². The van der Waals surface area contributed by atoms with Crippen LogP contribution in [0.3, 0.4) is 0 Å². The van der Waals surface area contributed by atoms with Crippen LogP contribution in [0.1, 0.15) is 19.0 Å². The van der Waals surface area contributed by atoms with Crippen molar-refractivity contribution in [2.24, 2.45) is 0 Å². The summed E-state index contributed by atoms with van der Waals surface area (Å²) >= 11 is 14.6. The predicted octanol–water partition coefficient (Wildman–Crippen LogP) is 5.17. The van der Waals surface area contributed by atoms with Crippen LogP contribution in [0.2, 0.25) is 5.02 Å². The Balaban J connectivity index is 2.49. The molecule has 1 N–H and O–H groups in total.